The summed E-state index contributed by atoms with van der Waals surface area (Å²) in [6.45, 7) is 0. The summed E-state index contributed by atoms with van der Waals surface area (Å²) in [7, 11) is 1.84. The van der Waals surface area contributed by atoms with Gasteiger partial charge in [-0.15, -0.1) is 10.2 Å². The molecule has 0 unspecified atom stereocenters. The number of carbonyl (C=O) groups excluding carboxylic acids is 1. The average molecular weight is 393 g/mol. The van der Waals surface area contributed by atoms with Crippen LogP contribution in [0.2, 0.25) is 10.0 Å². The molecule has 1 heterocycles. The van der Waals surface area contributed by atoms with Gasteiger partial charge in [-0.1, -0.05) is 59.2 Å². The number of carbonyl (C=O) groups is 1. The molecule has 1 aromatic heterocycles. The van der Waals surface area contributed by atoms with Gasteiger partial charge in [0.2, 0.25) is 5.91 Å². The zero-order valence-corrected chi connectivity index (χ0v) is 15.6. The highest BCUT2D eigenvalue weighted by Gasteiger charge is 2.15. The maximum Gasteiger partial charge on any atom is 0.234 e. The molecule has 0 aliphatic carbocycles. The molecule has 0 atom stereocenters. The van der Waals surface area contributed by atoms with Crippen molar-refractivity contribution in [2.45, 2.75) is 5.16 Å². The van der Waals surface area contributed by atoms with Crippen LogP contribution in [0.3, 0.4) is 0 Å². The van der Waals surface area contributed by atoms with Gasteiger partial charge in [-0.2, -0.15) is 0 Å². The van der Waals surface area contributed by atoms with E-state index >= 15 is 0 Å². The Labute approximate surface area is 159 Å². The molecule has 1 amide bonds. The molecule has 0 fully saturated rings. The normalized spacial score (nSPS) is 10.7. The Morgan fingerprint density at radius 3 is 2.48 bits per heavy atom. The molecule has 25 heavy (non-hydrogen) atoms. The minimum absolute atomic E-state index is 0.166. The summed E-state index contributed by atoms with van der Waals surface area (Å²) in [5.74, 6) is 0.680. The average Bonchev–Trinajstić information content (AvgIpc) is 2.96. The molecule has 8 heteroatoms. The number of hydrogen-bond acceptors (Lipinski definition) is 4. The van der Waals surface area contributed by atoms with Crippen LogP contribution in [0.4, 0.5) is 5.69 Å². The number of aromatic nitrogens is 3. The quantitative estimate of drug-likeness (QED) is 0.648. The molecule has 0 bridgehead atoms. The van der Waals surface area contributed by atoms with E-state index < -0.39 is 0 Å². The Bertz CT molecular complexity index is 913. The third-order valence-corrected chi connectivity index (χ3v) is 5.11. The van der Waals surface area contributed by atoms with Gasteiger partial charge in [0.05, 0.1) is 21.5 Å². The number of amides is 1. The van der Waals surface area contributed by atoms with Crippen LogP contribution in [0, 0.1) is 0 Å². The van der Waals surface area contributed by atoms with Gasteiger partial charge in [-0.25, -0.2) is 0 Å². The van der Waals surface area contributed by atoms with E-state index in [0.29, 0.717) is 26.7 Å². The minimum atomic E-state index is -0.166. The van der Waals surface area contributed by atoms with Gasteiger partial charge in [-0.05, 0) is 24.3 Å². The molecule has 0 saturated carbocycles. The van der Waals surface area contributed by atoms with Crippen LogP contribution in [0.5, 0.6) is 0 Å². The zero-order chi connectivity index (χ0) is 17.8. The van der Waals surface area contributed by atoms with Gasteiger partial charge in [-0.3, -0.25) is 4.79 Å². The number of nitrogens with zero attached hydrogens (tertiary/aromatic N) is 3. The van der Waals surface area contributed by atoms with Crippen molar-refractivity contribution in [1.29, 1.82) is 0 Å². The summed E-state index contributed by atoms with van der Waals surface area (Å²) >= 11 is 13.5. The summed E-state index contributed by atoms with van der Waals surface area (Å²) < 4.78 is 1.81. The topological polar surface area (TPSA) is 59.8 Å². The van der Waals surface area contributed by atoms with E-state index in [0.717, 1.165) is 5.56 Å². The molecular formula is C17H14Cl2N4OS. The minimum Gasteiger partial charge on any atom is -0.324 e. The van der Waals surface area contributed by atoms with Crippen molar-refractivity contribution in [3.8, 4) is 11.4 Å². The first-order valence-corrected chi connectivity index (χ1v) is 9.12. The third kappa shape index (κ3) is 4.15. The molecule has 0 radical (unpaired) electrons. The predicted octanol–water partition coefficient (Wildman–Crippen LogP) is 4.52. The number of halogens is 2. The smallest absolute Gasteiger partial charge is 0.234 e. The van der Waals surface area contributed by atoms with E-state index in [2.05, 4.69) is 15.5 Å². The fraction of sp³-hybridized carbons (Fsp3) is 0.118. The highest BCUT2D eigenvalue weighted by Crippen LogP contribution is 2.28. The number of benzene rings is 2. The molecule has 0 spiro atoms. The molecular weight excluding hydrogens is 379 g/mol. The Kier molecular flexibility index (Phi) is 5.63. The largest absolute Gasteiger partial charge is 0.324 e. The van der Waals surface area contributed by atoms with E-state index in [9.17, 15) is 4.79 Å². The van der Waals surface area contributed by atoms with E-state index in [-0.39, 0.29) is 11.7 Å². The molecule has 3 rings (SSSR count). The van der Waals surface area contributed by atoms with Crippen molar-refractivity contribution < 1.29 is 4.79 Å². The number of rotatable bonds is 5. The van der Waals surface area contributed by atoms with E-state index in [1.165, 1.54) is 11.8 Å². The summed E-state index contributed by atoms with van der Waals surface area (Å²) in [6, 6.07) is 14.5. The molecule has 3 aromatic rings. The highest BCUT2D eigenvalue weighted by atomic mass is 35.5. The molecule has 0 saturated heterocycles. The molecule has 0 aliphatic heterocycles. The van der Waals surface area contributed by atoms with Crippen LogP contribution >= 0.6 is 35.0 Å². The monoisotopic (exact) mass is 392 g/mol. The van der Waals surface area contributed by atoms with E-state index in [4.69, 9.17) is 23.2 Å². The Morgan fingerprint density at radius 1 is 1.08 bits per heavy atom. The summed E-state index contributed by atoms with van der Waals surface area (Å²) in [5.41, 5.74) is 1.39. The van der Waals surface area contributed by atoms with Gasteiger partial charge >= 0.3 is 0 Å². The van der Waals surface area contributed by atoms with Gasteiger partial charge in [0.15, 0.2) is 11.0 Å². The number of anilines is 1. The number of nitrogens with one attached hydrogen (secondary N) is 1. The van der Waals surface area contributed by atoms with Crippen molar-refractivity contribution >= 4 is 46.6 Å². The lowest BCUT2D eigenvalue weighted by molar-refractivity contribution is -0.113. The molecule has 5 nitrogen and oxygen atoms in total. The third-order valence-electron chi connectivity index (χ3n) is 3.43. The van der Waals surface area contributed by atoms with Crippen LogP contribution in [-0.2, 0) is 11.8 Å². The van der Waals surface area contributed by atoms with Crippen molar-refractivity contribution in [3.05, 3.63) is 58.6 Å². The first-order chi connectivity index (χ1) is 12.1. The van der Waals surface area contributed by atoms with Gasteiger partial charge in [0.1, 0.15) is 0 Å². The molecule has 2 aromatic carbocycles. The zero-order valence-electron chi connectivity index (χ0n) is 13.2. The number of para-hydroxylation sites is 1. The molecule has 128 valence electrons. The lowest BCUT2D eigenvalue weighted by Crippen LogP contribution is -2.14. The van der Waals surface area contributed by atoms with Gasteiger partial charge in [0.25, 0.3) is 0 Å². The Balaban J connectivity index is 1.67. The maximum absolute atomic E-state index is 12.1. The van der Waals surface area contributed by atoms with Crippen molar-refractivity contribution in [1.82, 2.24) is 14.8 Å². The Morgan fingerprint density at radius 2 is 1.76 bits per heavy atom. The van der Waals surface area contributed by atoms with Gasteiger partial charge in [0, 0.05) is 12.6 Å². The van der Waals surface area contributed by atoms with Crippen molar-refractivity contribution in [3.63, 3.8) is 0 Å². The van der Waals surface area contributed by atoms with Crippen LogP contribution in [0.1, 0.15) is 0 Å². The van der Waals surface area contributed by atoms with Crippen LogP contribution in [-0.4, -0.2) is 26.4 Å². The fourth-order valence-corrected chi connectivity index (χ4v) is 3.31. The summed E-state index contributed by atoms with van der Waals surface area (Å²) in [4.78, 5) is 12.1. The maximum atomic E-state index is 12.1. The Hall–Kier alpha value is -2.02. The number of hydrogen-bond donors (Lipinski definition) is 1. The summed E-state index contributed by atoms with van der Waals surface area (Å²) in [5, 5.41) is 12.8. The van der Waals surface area contributed by atoms with Crippen LogP contribution < -0.4 is 5.32 Å². The first kappa shape index (κ1) is 17.8. The molecule has 1 N–H and O–H groups in total. The van der Waals surface area contributed by atoms with Crippen LogP contribution in [0.15, 0.2) is 53.7 Å². The second-order valence-electron chi connectivity index (χ2n) is 5.16. The lowest BCUT2D eigenvalue weighted by atomic mass is 10.2. The second kappa shape index (κ2) is 7.91. The second-order valence-corrected chi connectivity index (χ2v) is 6.92. The lowest BCUT2D eigenvalue weighted by Gasteiger charge is -2.07. The van der Waals surface area contributed by atoms with Crippen molar-refractivity contribution in [2.24, 2.45) is 7.05 Å². The predicted molar refractivity (Wildman–Crippen MR) is 102 cm³/mol. The highest BCUT2D eigenvalue weighted by molar-refractivity contribution is 7.99. The summed E-state index contributed by atoms with van der Waals surface area (Å²) in [6.07, 6.45) is 0. The molecule has 0 aliphatic rings. The standard InChI is InChI=1S/C17H14Cl2N4OS/c1-23-16(11-6-2-3-7-12(11)18)21-22-17(23)25-10-15(24)20-14-9-5-4-8-13(14)19/h2-9H,10H2,1H3,(H,20,24). The van der Waals surface area contributed by atoms with E-state index in [1.807, 2.05) is 41.9 Å². The van der Waals surface area contributed by atoms with Gasteiger partial charge < -0.3 is 9.88 Å². The SMILES string of the molecule is Cn1c(SCC(=O)Nc2ccccc2Cl)nnc1-c1ccccc1Cl. The van der Waals surface area contributed by atoms with E-state index in [1.54, 1.807) is 18.2 Å². The van der Waals surface area contributed by atoms with Crippen molar-refractivity contribution in [2.75, 3.05) is 11.1 Å². The fourth-order valence-electron chi connectivity index (χ4n) is 2.20. The first-order valence-electron chi connectivity index (χ1n) is 7.37. The number of thioether (sulfide) groups is 1. The van der Waals surface area contributed by atoms with Crippen LogP contribution in [0.25, 0.3) is 11.4 Å².